The summed E-state index contributed by atoms with van der Waals surface area (Å²) in [5.74, 6) is -0.0878. The number of halogens is 1. The summed E-state index contributed by atoms with van der Waals surface area (Å²) in [6, 6.07) is 3.55. The van der Waals surface area contributed by atoms with Gasteiger partial charge in [-0.3, -0.25) is 0 Å². The lowest BCUT2D eigenvalue weighted by atomic mass is 10.1. The molecule has 0 saturated heterocycles. The van der Waals surface area contributed by atoms with Crippen LogP contribution in [0.3, 0.4) is 0 Å². The van der Waals surface area contributed by atoms with Crippen molar-refractivity contribution in [3.8, 4) is 5.75 Å². The first-order chi connectivity index (χ1) is 9.26. The summed E-state index contributed by atoms with van der Waals surface area (Å²) in [5.41, 5.74) is 5.66. The number of methoxy groups -OCH3 is 1. The Bertz CT molecular complexity index is 472. The van der Waals surface area contributed by atoms with Crippen molar-refractivity contribution in [3.05, 3.63) is 29.6 Å². The number of nitrogens with one attached hydrogen (secondary N) is 1. The molecule has 0 heterocycles. The number of benzene rings is 1. The van der Waals surface area contributed by atoms with Crippen molar-refractivity contribution in [2.24, 2.45) is 5.73 Å². The van der Waals surface area contributed by atoms with E-state index >= 15 is 0 Å². The minimum absolute atomic E-state index is 0.140. The van der Waals surface area contributed by atoms with E-state index in [1.54, 1.807) is 20.8 Å². The largest absolute Gasteiger partial charge is 0.496 e. The van der Waals surface area contributed by atoms with Gasteiger partial charge in [0, 0.05) is 18.2 Å². The molecule has 0 aromatic heterocycles. The molecule has 0 bridgehead atoms. The molecule has 1 rings (SSSR count). The van der Waals surface area contributed by atoms with Crippen molar-refractivity contribution >= 4 is 6.09 Å². The Labute approximate surface area is 118 Å². The molecule has 1 aromatic rings. The Morgan fingerprint density at radius 1 is 1.45 bits per heavy atom. The van der Waals surface area contributed by atoms with E-state index in [0.29, 0.717) is 11.3 Å². The summed E-state index contributed by atoms with van der Waals surface area (Å²) in [6.07, 6.45) is -0.584. The second-order valence-corrected chi connectivity index (χ2v) is 5.32. The van der Waals surface area contributed by atoms with E-state index in [0.717, 1.165) is 0 Å². The third-order valence-corrected chi connectivity index (χ3v) is 2.50. The fourth-order valence-electron chi connectivity index (χ4n) is 1.69. The molecule has 1 atom stereocenters. The van der Waals surface area contributed by atoms with Gasteiger partial charge in [0.25, 0.3) is 0 Å². The highest BCUT2D eigenvalue weighted by molar-refractivity contribution is 5.68. The quantitative estimate of drug-likeness (QED) is 0.890. The predicted octanol–water partition coefficient (Wildman–Crippen LogP) is 2.36. The van der Waals surface area contributed by atoms with Crippen LogP contribution < -0.4 is 15.8 Å². The Hall–Kier alpha value is -1.82. The maximum atomic E-state index is 13.2. The minimum Gasteiger partial charge on any atom is -0.496 e. The maximum absolute atomic E-state index is 13.2. The van der Waals surface area contributed by atoms with E-state index in [2.05, 4.69) is 5.32 Å². The SMILES string of the molecule is COc1cc(F)ccc1C(CN)NC(=O)OC(C)(C)C. The molecule has 0 radical (unpaired) electrons. The van der Waals surface area contributed by atoms with Crippen molar-refractivity contribution in [2.75, 3.05) is 13.7 Å². The lowest BCUT2D eigenvalue weighted by Gasteiger charge is -2.24. The third kappa shape index (κ3) is 4.70. The summed E-state index contributed by atoms with van der Waals surface area (Å²) in [6.45, 7) is 5.44. The molecule has 1 aromatic carbocycles. The molecule has 0 aliphatic carbocycles. The Balaban J connectivity index is 2.89. The number of hydrogen-bond donors (Lipinski definition) is 2. The lowest BCUT2D eigenvalue weighted by molar-refractivity contribution is 0.0505. The van der Waals surface area contributed by atoms with Gasteiger partial charge in [-0.05, 0) is 26.8 Å². The summed E-state index contributed by atoms with van der Waals surface area (Å²) >= 11 is 0. The lowest BCUT2D eigenvalue weighted by Crippen LogP contribution is -2.37. The highest BCUT2D eigenvalue weighted by Crippen LogP contribution is 2.25. The Morgan fingerprint density at radius 3 is 2.60 bits per heavy atom. The van der Waals surface area contributed by atoms with Crippen molar-refractivity contribution in [1.82, 2.24) is 5.32 Å². The van der Waals surface area contributed by atoms with Crippen molar-refractivity contribution < 1.29 is 18.7 Å². The topological polar surface area (TPSA) is 73.6 Å². The van der Waals surface area contributed by atoms with Crippen LogP contribution in [0.5, 0.6) is 5.75 Å². The third-order valence-electron chi connectivity index (χ3n) is 2.50. The fraction of sp³-hybridized carbons (Fsp3) is 0.500. The predicted molar refractivity (Wildman–Crippen MR) is 74.1 cm³/mol. The highest BCUT2D eigenvalue weighted by Gasteiger charge is 2.22. The van der Waals surface area contributed by atoms with Gasteiger partial charge in [-0.1, -0.05) is 6.07 Å². The van der Waals surface area contributed by atoms with Gasteiger partial charge in [-0.25, -0.2) is 9.18 Å². The van der Waals surface area contributed by atoms with Gasteiger partial charge in [0.15, 0.2) is 0 Å². The molecule has 0 aliphatic heterocycles. The average Bonchev–Trinajstić information content (AvgIpc) is 2.34. The zero-order valence-electron chi connectivity index (χ0n) is 12.2. The van der Waals surface area contributed by atoms with Crippen LogP contribution in [0.4, 0.5) is 9.18 Å². The smallest absolute Gasteiger partial charge is 0.408 e. The van der Waals surface area contributed by atoms with Crippen molar-refractivity contribution in [3.63, 3.8) is 0 Å². The fourth-order valence-corrected chi connectivity index (χ4v) is 1.69. The molecule has 3 N–H and O–H groups in total. The van der Waals surface area contributed by atoms with E-state index in [-0.39, 0.29) is 6.54 Å². The number of carbonyl (C=O) groups is 1. The first-order valence-corrected chi connectivity index (χ1v) is 6.30. The van der Waals surface area contributed by atoms with Crippen LogP contribution in [0.1, 0.15) is 32.4 Å². The summed E-state index contributed by atoms with van der Waals surface area (Å²) < 4.78 is 23.4. The number of alkyl carbamates (subject to hydrolysis) is 1. The van der Waals surface area contributed by atoms with Gasteiger partial charge in [0.2, 0.25) is 0 Å². The number of ether oxygens (including phenoxy) is 2. The normalized spacial score (nSPS) is 12.7. The molecule has 0 aliphatic rings. The van der Waals surface area contributed by atoms with Gasteiger partial charge in [0.1, 0.15) is 17.2 Å². The molecule has 5 nitrogen and oxygen atoms in total. The van der Waals surface area contributed by atoms with Crippen molar-refractivity contribution in [2.45, 2.75) is 32.4 Å². The second kappa shape index (κ2) is 6.56. The molecule has 1 unspecified atom stereocenters. The van der Waals surface area contributed by atoms with Gasteiger partial charge in [-0.15, -0.1) is 0 Å². The molecule has 6 heteroatoms. The molecule has 0 spiro atoms. The minimum atomic E-state index is -0.601. The zero-order valence-corrected chi connectivity index (χ0v) is 12.2. The van der Waals surface area contributed by atoms with Crippen LogP contribution in [0.15, 0.2) is 18.2 Å². The molecule has 20 heavy (non-hydrogen) atoms. The van der Waals surface area contributed by atoms with E-state index in [4.69, 9.17) is 15.2 Å². The van der Waals surface area contributed by atoms with E-state index in [9.17, 15) is 9.18 Å². The monoisotopic (exact) mass is 284 g/mol. The summed E-state index contributed by atoms with van der Waals surface area (Å²) in [4.78, 5) is 11.8. The van der Waals surface area contributed by atoms with Gasteiger partial charge in [-0.2, -0.15) is 0 Å². The number of carbonyl (C=O) groups excluding carboxylic acids is 1. The Morgan fingerprint density at radius 2 is 2.10 bits per heavy atom. The van der Waals surface area contributed by atoms with Crippen LogP contribution in [0.2, 0.25) is 0 Å². The maximum Gasteiger partial charge on any atom is 0.408 e. The first-order valence-electron chi connectivity index (χ1n) is 6.30. The van der Waals surface area contributed by atoms with Gasteiger partial charge >= 0.3 is 6.09 Å². The van der Waals surface area contributed by atoms with Crippen LogP contribution in [-0.2, 0) is 4.74 Å². The number of rotatable bonds is 4. The molecule has 0 fully saturated rings. The van der Waals surface area contributed by atoms with Crippen LogP contribution in [0, 0.1) is 5.82 Å². The number of nitrogens with two attached hydrogens (primary N) is 1. The van der Waals surface area contributed by atoms with E-state index in [1.165, 1.54) is 25.3 Å². The van der Waals surface area contributed by atoms with E-state index < -0.39 is 23.6 Å². The Kier molecular flexibility index (Phi) is 5.33. The van der Waals surface area contributed by atoms with Gasteiger partial charge in [0.05, 0.1) is 13.2 Å². The van der Waals surface area contributed by atoms with Crippen LogP contribution in [-0.4, -0.2) is 25.3 Å². The molecular weight excluding hydrogens is 263 g/mol. The van der Waals surface area contributed by atoms with Gasteiger partial charge < -0.3 is 20.5 Å². The first kappa shape index (κ1) is 16.2. The standard InChI is InChI=1S/C14H21FN2O3/c1-14(2,3)20-13(18)17-11(8-16)10-6-5-9(15)7-12(10)19-4/h5-7,11H,8,16H2,1-4H3,(H,17,18). The second-order valence-electron chi connectivity index (χ2n) is 5.32. The summed E-state index contributed by atoms with van der Waals surface area (Å²) in [7, 11) is 1.43. The zero-order chi connectivity index (χ0) is 15.3. The van der Waals surface area contributed by atoms with Crippen LogP contribution in [0.25, 0.3) is 0 Å². The van der Waals surface area contributed by atoms with Crippen LogP contribution >= 0.6 is 0 Å². The molecular formula is C14H21FN2O3. The highest BCUT2D eigenvalue weighted by atomic mass is 19.1. The van der Waals surface area contributed by atoms with E-state index in [1.807, 2.05) is 0 Å². The molecule has 112 valence electrons. The summed E-state index contributed by atoms with van der Waals surface area (Å²) in [5, 5.41) is 2.65. The van der Waals surface area contributed by atoms with Crippen molar-refractivity contribution in [1.29, 1.82) is 0 Å². The number of hydrogen-bond acceptors (Lipinski definition) is 4. The number of amides is 1. The average molecular weight is 284 g/mol. The molecule has 0 saturated carbocycles. The molecule has 1 amide bonds.